The molecule has 1 aliphatic heterocycles. The van der Waals surface area contributed by atoms with Crippen molar-refractivity contribution in [1.82, 2.24) is 14.5 Å². The molecule has 6 heteroatoms. The van der Waals surface area contributed by atoms with Crippen LogP contribution in [0.3, 0.4) is 0 Å². The van der Waals surface area contributed by atoms with Crippen molar-refractivity contribution in [1.29, 1.82) is 0 Å². The van der Waals surface area contributed by atoms with Gasteiger partial charge in [-0.15, -0.1) is 0 Å². The Hall–Kier alpha value is -3.93. The Kier molecular flexibility index (Phi) is 4.55. The van der Waals surface area contributed by atoms with Gasteiger partial charge in [-0.25, -0.2) is 0 Å². The Morgan fingerprint density at radius 3 is 2.65 bits per heavy atom. The monoisotopic (exact) mass is 410 g/mol. The fourth-order valence-electron chi connectivity index (χ4n) is 4.53. The summed E-state index contributed by atoms with van der Waals surface area (Å²) in [6.07, 6.45) is 3.24. The Balaban J connectivity index is 1.59. The highest BCUT2D eigenvalue weighted by atomic mass is 16.2. The average molecular weight is 410 g/mol. The normalized spacial score (nSPS) is 15.4. The van der Waals surface area contributed by atoms with Gasteiger partial charge < -0.3 is 14.8 Å². The largest absolute Gasteiger partial charge is 0.348 e. The molecule has 154 valence electrons. The summed E-state index contributed by atoms with van der Waals surface area (Å²) in [5, 5.41) is 3.94. The van der Waals surface area contributed by atoms with Gasteiger partial charge in [0, 0.05) is 41.0 Å². The van der Waals surface area contributed by atoms with Gasteiger partial charge >= 0.3 is 0 Å². The van der Waals surface area contributed by atoms with Crippen LogP contribution in [0.5, 0.6) is 0 Å². The fourth-order valence-corrected chi connectivity index (χ4v) is 4.53. The topological polar surface area (TPSA) is 67.2 Å². The summed E-state index contributed by atoms with van der Waals surface area (Å²) in [6, 6.07) is 19.0. The third-order valence-electron chi connectivity index (χ3n) is 6.04. The summed E-state index contributed by atoms with van der Waals surface area (Å²) < 4.78 is 2.14. The number of carbonyl (C=O) groups excluding carboxylic acids is 2. The maximum atomic E-state index is 13.3. The predicted molar refractivity (Wildman–Crippen MR) is 120 cm³/mol. The SMILES string of the molecule is Cc1c([C@@H]2c3ccccc3C(=O)N2CC(=O)Nc2cccnc2)c2ccccc2n1C. The van der Waals surface area contributed by atoms with E-state index >= 15 is 0 Å². The Bertz CT molecular complexity index is 1310. The van der Waals surface area contributed by atoms with Crippen molar-refractivity contribution in [3.8, 4) is 0 Å². The predicted octanol–water partition coefficient (Wildman–Crippen LogP) is 4.07. The number of rotatable bonds is 4. The van der Waals surface area contributed by atoms with Gasteiger partial charge in [-0.1, -0.05) is 36.4 Å². The van der Waals surface area contributed by atoms with E-state index in [0.29, 0.717) is 11.3 Å². The summed E-state index contributed by atoms with van der Waals surface area (Å²) >= 11 is 0. The van der Waals surface area contributed by atoms with Gasteiger partial charge in [-0.2, -0.15) is 0 Å². The smallest absolute Gasteiger partial charge is 0.255 e. The van der Waals surface area contributed by atoms with Crippen LogP contribution in [-0.4, -0.2) is 32.8 Å². The molecule has 0 fully saturated rings. The van der Waals surface area contributed by atoms with E-state index in [-0.39, 0.29) is 24.4 Å². The molecule has 0 saturated carbocycles. The summed E-state index contributed by atoms with van der Waals surface area (Å²) in [4.78, 5) is 31.9. The molecule has 5 rings (SSSR count). The van der Waals surface area contributed by atoms with E-state index < -0.39 is 0 Å². The molecule has 0 radical (unpaired) electrons. The summed E-state index contributed by atoms with van der Waals surface area (Å²) in [7, 11) is 2.03. The zero-order valence-electron chi connectivity index (χ0n) is 17.4. The third kappa shape index (κ3) is 3.08. The van der Waals surface area contributed by atoms with E-state index in [9.17, 15) is 9.59 Å². The number of anilines is 1. The van der Waals surface area contributed by atoms with Crippen LogP contribution in [0, 0.1) is 6.92 Å². The first-order valence-corrected chi connectivity index (χ1v) is 10.2. The van der Waals surface area contributed by atoms with Crippen molar-refractivity contribution in [2.24, 2.45) is 7.05 Å². The number of hydrogen-bond acceptors (Lipinski definition) is 3. The van der Waals surface area contributed by atoms with E-state index in [1.165, 1.54) is 0 Å². The lowest BCUT2D eigenvalue weighted by atomic mass is 9.95. The standard InChI is InChI=1S/C25H22N4O2/c1-16-23(20-11-5-6-12-21(20)28(16)2)24-18-9-3-4-10-19(18)25(31)29(24)15-22(30)27-17-8-7-13-26-14-17/h3-14,24H,15H2,1-2H3,(H,27,30)/t24-/m0/s1. The minimum atomic E-state index is -0.325. The van der Waals surface area contributed by atoms with E-state index in [1.54, 1.807) is 29.4 Å². The second-order valence-electron chi connectivity index (χ2n) is 7.79. The fraction of sp³-hybridized carbons (Fsp3) is 0.160. The lowest BCUT2D eigenvalue weighted by molar-refractivity contribution is -0.117. The first-order valence-electron chi connectivity index (χ1n) is 10.2. The van der Waals surface area contributed by atoms with Crippen LogP contribution in [-0.2, 0) is 11.8 Å². The highest BCUT2D eigenvalue weighted by molar-refractivity contribution is 6.04. The number of aryl methyl sites for hydroxylation is 1. The number of hydrogen-bond donors (Lipinski definition) is 1. The summed E-state index contributed by atoms with van der Waals surface area (Å²) in [6.45, 7) is 2.02. The van der Waals surface area contributed by atoms with Gasteiger partial charge in [0.15, 0.2) is 0 Å². The molecule has 0 unspecified atom stereocenters. The van der Waals surface area contributed by atoms with Crippen molar-refractivity contribution >= 4 is 28.4 Å². The molecule has 0 saturated heterocycles. The van der Waals surface area contributed by atoms with Crippen LogP contribution in [0.4, 0.5) is 5.69 Å². The van der Waals surface area contributed by atoms with E-state index in [2.05, 4.69) is 33.9 Å². The van der Waals surface area contributed by atoms with E-state index in [4.69, 9.17) is 0 Å². The number of benzene rings is 2. The second kappa shape index (κ2) is 7.40. The molecule has 1 N–H and O–H groups in total. The number of fused-ring (bicyclic) bond motifs is 2. The molecule has 1 atom stereocenters. The molecule has 2 amide bonds. The first-order chi connectivity index (χ1) is 15.1. The number of amides is 2. The molecule has 1 aliphatic rings. The van der Waals surface area contributed by atoms with Gasteiger partial charge in [0.25, 0.3) is 5.91 Å². The lowest BCUT2D eigenvalue weighted by Crippen LogP contribution is -2.36. The highest BCUT2D eigenvalue weighted by Gasteiger charge is 2.40. The van der Waals surface area contributed by atoms with E-state index in [0.717, 1.165) is 27.7 Å². The molecular weight excluding hydrogens is 388 g/mol. The maximum Gasteiger partial charge on any atom is 0.255 e. The maximum absolute atomic E-state index is 13.3. The van der Waals surface area contributed by atoms with Crippen molar-refractivity contribution in [2.45, 2.75) is 13.0 Å². The quantitative estimate of drug-likeness (QED) is 0.552. The summed E-state index contributed by atoms with van der Waals surface area (Å²) in [5.74, 6) is -0.383. The lowest BCUT2D eigenvalue weighted by Gasteiger charge is -2.26. The van der Waals surface area contributed by atoms with Crippen LogP contribution in [0.25, 0.3) is 10.9 Å². The Morgan fingerprint density at radius 1 is 1.06 bits per heavy atom. The molecule has 31 heavy (non-hydrogen) atoms. The number of nitrogens with one attached hydrogen (secondary N) is 1. The minimum Gasteiger partial charge on any atom is -0.348 e. The van der Waals surface area contributed by atoms with Gasteiger partial charge in [-0.3, -0.25) is 14.6 Å². The molecule has 0 aliphatic carbocycles. The molecule has 4 aromatic rings. The molecule has 2 aromatic heterocycles. The van der Waals surface area contributed by atoms with Crippen molar-refractivity contribution in [3.63, 3.8) is 0 Å². The molecule has 3 heterocycles. The van der Waals surface area contributed by atoms with E-state index in [1.807, 2.05) is 43.4 Å². The number of carbonyl (C=O) groups is 2. The third-order valence-corrected chi connectivity index (χ3v) is 6.04. The van der Waals surface area contributed by atoms with Gasteiger partial charge in [0.1, 0.15) is 6.54 Å². The van der Waals surface area contributed by atoms with Crippen LogP contribution in [0.1, 0.15) is 33.2 Å². The molecule has 0 spiro atoms. The molecular formula is C25H22N4O2. The zero-order chi connectivity index (χ0) is 21.5. The highest BCUT2D eigenvalue weighted by Crippen LogP contribution is 2.43. The Morgan fingerprint density at radius 2 is 1.84 bits per heavy atom. The van der Waals surface area contributed by atoms with Gasteiger partial charge in [-0.05, 0) is 36.8 Å². The molecule has 6 nitrogen and oxygen atoms in total. The molecule has 0 bridgehead atoms. The summed E-state index contributed by atoms with van der Waals surface area (Å²) in [5.41, 5.74) is 5.43. The number of para-hydroxylation sites is 1. The van der Waals surface area contributed by atoms with Crippen LogP contribution < -0.4 is 5.32 Å². The number of nitrogens with zero attached hydrogens (tertiary/aromatic N) is 3. The average Bonchev–Trinajstić information content (AvgIpc) is 3.20. The van der Waals surface area contributed by atoms with Crippen molar-refractivity contribution in [2.75, 3.05) is 11.9 Å². The molecule has 2 aromatic carbocycles. The van der Waals surface area contributed by atoms with Gasteiger partial charge in [0.05, 0.1) is 17.9 Å². The number of aromatic nitrogens is 2. The van der Waals surface area contributed by atoms with Crippen molar-refractivity contribution < 1.29 is 9.59 Å². The van der Waals surface area contributed by atoms with Crippen LogP contribution in [0.2, 0.25) is 0 Å². The second-order valence-corrected chi connectivity index (χ2v) is 7.79. The number of pyridine rings is 1. The zero-order valence-corrected chi connectivity index (χ0v) is 17.4. The van der Waals surface area contributed by atoms with Crippen LogP contribution >= 0.6 is 0 Å². The Labute approximate surface area is 180 Å². The van der Waals surface area contributed by atoms with Crippen LogP contribution in [0.15, 0.2) is 73.1 Å². The first kappa shape index (κ1) is 19.1. The minimum absolute atomic E-state index is 0.0459. The van der Waals surface area contributed by atoms with Crippen molar-refractivity contribution in [3.05, 3.63) is 95.4 Å². The van der Waals surface area contributed by atoms with Gasteiger partial charge in [0.2, 0.25) is 5.91 Å².